The second-order valence-electron chi connectivity index (χ2n) is 10.4. The van der Waals surface area contributed by atoms with E-state index < -0.39 is 93.4 Å². The molecule has 2 amide bonds. The second kappa shape index (κ2) is 19.1. The molecule has 0 fully saturated rings. The third-order valence-corrected chi connectivity index (χ3v) is 10.7. The van der Waals surface area contributed by atoms with Gasteiger partial charge in [-0.1, -0.05) is 12.1 Å². The molecule has 0 saturated heterocycles. The predicted octanol–water partition coefficient (Wildman–Crippen LogP) is -9.88. The number of nitrogens with zero attached hydrogens (tertiary/aromatic N) is 3. The summed E-state index contributed by atoms with van der Waals surface area (Å²) in [6.07, 6.45) is -0.156. The van der Waals surface area contributed by atoms with E-state index in [9.17, 15) is 71.6 Å². The predicted molar refractivity (Wildman–Crippen MR) is 169 cm³/mol. The molecule has 0 heterocycles. The molecule has 0 unspecified atom stereocenters. The van der Waals surface area contributed by atoms with E-state index in [1.165, 1.54) is 0 Å². The van der Waals surface area contributed by atoms with Gasteiger partial charge in [-0.05, 0) is 76.1 Å². The van der Waals surface area contributed by atoms with Crippen LogP contribution >= 0.6 is 0 Å². The van der Waals surface area contributed by atoms with E-state index in [0.29, 0.717) is 34.1 Å². The van der Waals surface area contributed by atoms with Crippen molar-refractivity contribution < 1.29 is 185 Å². The Hall–Kier alpha value is -1.40. The van der Waals surface area contributed by atoms with Gasteiger partial charge in [-0.2, -0.15) is 0 Å². The molecule has 0 aliphatic heterocycles. The number of carbonyl (C=O) groups is 2. The molecule has 0 radical (unpaired) electrons. The van der Waals surface area contributed by atoms with Crippen LogP contribution < -0.4 is 128 Å². The summed E-state index contributed by atoms with van der Waals surface area (Å²) >= 11 is 0. The number of fused-ring (bicyclic) bond motifs is 2. The molecule has 0 aromatic heterocycles. The molecule has 266 valence electrons. The van der Waals surface area contributed by atoms with Gasteiger partial charge >= 0.3 is 118 Å². The number of rotatable bonds is 11. The molecular weight excluding hydrogens is 855 g/mol. The zero-order valence-corrected chi connectivity index (χ0v) is 39.9. The van der Waals surface area contributed by atoms with E-state index in [0.717, 1.165) is 54.6 Å². The second-order valence-corrected chi connectivity index (χ2v) is 15.8. The summed E-state index contributed by atoms with van der Waals surface area (Å²) in [6.45, 7) is 0. The van der Waals surface area contributed by atoms with Crippen LogP contribution in [0.2, 0.25) is 0 Å². The molecule has 0 saturated carbocycles. The van der Waals surface area contributed by atoms with E-state index in [-0.39, 0.29) is 153 Å². The van der Waals surface area contributed by atoms with Gasteiger partial charge in [-0.3, -0.25) is 29.5 Å². The van der Waals surface area contributed by atoms with Gasteiger partial charge in [-0.25, -0.2) is 33.7 Å². The number of hydrogen-bond donors (Lipinski definition) is 0. The van der Waals surface area contributed by atoms with Crippen LogP contribution in [-0.2, 0) is 50.1 Å². The Labute approximate surface area is 400 Å². The maximum atomic E-state index is 12.5. The summed E-state index contributed by atoms with van der Waals surface area (Å²) in [4.78, 5) is 32.9. The van der Waals surface area contributed by atoms with Crippen LogP contribution in [0, 0.1) is 10.1 Å². The minimum atomic E-state index is -5.53. The van der Waals surface area contributed by atoms with Gasteiger partial charge in [0.1, 0.15) is 40.5 Å². The van der Waals surface area contributed by atoms with Crippen molar-refractivity contribution in [3.05, 3.63) is 89.0 Å². The molecule has 55 heavy (non-hydrogen) atoms. The average Bonchev–Trinajstić information content (AvgIpc) is 3.02. The molecule has 0 atom stereocenters. The van der Waals surface area contributed by atoms with Gasteiger partial charge in [-0.15, -0.1) is 0 Å². The van der Waals surface area contributed by atoms with Crippen molar-refractivity contribution in [3.8, 4) is 0 Å². The molecule has 19 nitrogen and oxygen atoms in total. The summed E-state index contributed by atoms with van der Waals surface area (Å²) < 4.78 is 143. The van der Waals surface area contributed by atoms with Crippen LogP contribution in [-0.4, -0.2) is 69.6 Å². The normalized spacial score (nSPS) is 11.6. The number of nitro groups is 1. The van der Waals surface area contributed by atoms with Crippen molar-refractivity contribution in [2.24, 2.45) is 0 Å². The number of benzene rings is 5. The standard InChI is InChI=1S/C28H19N3O16S4.4Na/c32-14-29(25-7-16-1-3-23(48(36,37)38)5-18(16)9-27(25)50(42,43)44)20-11-21(13-22(12-20)31(34)35)30(15-33)26-8-17-2-4-24(49(39,40)41)6-19(17)10-28(26)51(45,46)47;;;;/h1-15H,(H,36,37,38)(H,39,40,41)(H,42,43,44)(H,45,46,47);;;;/q;4*+1/p-4. The molecule has 5 aromatic carbocycles. The minimum Gasteiger partial charge on any atom is -0.744 e. The van der Waals surface area contributed by atoms with Crippen molar-refractivity contribution >= 4 is 103 Å². The maximum absolute atomic E-state index is 12.5. The summed E-state index contributed by atoms with van der Waals surface area (Å²) in [5.74, 6) is 0. The van der Waals surface area contributed by atoms with Gasteiger partial charge in [0.25, 0.3) is 5.69 Å². The van der Waals surface area contributed by atoms with Crippen molar-refractivity contribution in [2.75, 3.05) is 9.80 Å². The first-order valence-electron chi connectivity index (χ1n) is 13.3. The Kier molecular flexibility index (Phi) is 17.9. The fourth-order valence-corrected chi connectivity index (χ4v) is 7.43. The summed E-state index contributed by atoms with van der Waals surface area (Å²) in [6, 6.07) is 10.7. The fourth-order valence-electron chi connectivity index (χ4n) is 5.05. The van der Waals surface area contributed by atoms with Crippen molar-refractivity contribution in [3.63, 3.8) is 0 Å². The molecule has 0 N–H and O–H groups in total. The molecular formula is C28H15N3Na4O16S4. The average molecular weight is 870 g/mol. The van der Waals surface area contributed by atoms with Crippen LogP contribution in [0.15, 0.2) is 98.4 Å². The number of hydrogen-bond acceptors (Lipinski definition) is 16. The molecule has 5 rings (SSSR count). The maximum Gasteiger partial charge on any atom is 1.00 e. The van der Waals surface area contributed by atoms with E-state index in [4.69, 9.17) is 0 Å². The summed E-state index contributed by atoms with van der Waals surface area (Å²) in [5, 5.41) is 11.4. The fraction of sp³-hybridized carbons (Fsp3) is 0. The zero-order valence-electron chi connectivity index (χ0n) is 28.7. The third kappa shape index (κ3) is 11.4. The van der Waals surface area contributed by atoms with Gasteiger partial charge < -0.3 is 18.2 Å². The summed E-state index contributed by atoms with van der Waals surface area (Å²) in [7, 11) is -21.1. The first-order valence-corrected chi connectivity index (χ1v) is 18.9. The van der Waals surface area contributed by atoms with Gasteiger partial charge in [0.15, 0.2) is 0 Å². The van der Waals surface area contributed by atoms with E-state index >= 15 is 0 Å². The van der Waals surface area contributed by atoms with Crippen LogP contribution in [0.25, 0.3) is 21.5 Å². The Morgan fingerprint density at radius 1 is 0.473 bits per heavy atom. The number of carbonyl (C=O) groups excluding carboxylic acids is 2. The number of anilines is 4. The molecule has 0 spiro atoms. The first-order chi connectivity index (χ1) is 23.5. The van der Waals surface area contributed by atoms with Gasteiger partial charge in [0.05, 0.1) is 47.3 Å². The Morgan fingerprint density at radius 2 is 0.818 bits per heavy atom. The molecule has 0 aliphatic rings. The van der Waals surface area contributed by atoms with Crippen LogP contribution in [0.1, 0.15) is 0 Å². The topological polar surface area (TPSA) is 313 Å². The van der Waals surface area contributed by atoms with Crippen molar-refractivity contribution in [1.82, 2.24) is 0 Å². The SMILES string of the molecule is O=CN(c1cc(N(C=O)c2cc3ccc(S(=O)(=O)[O-])cc3cc2S(=O)(=O)[O-])cc([N+](=O)[O-])c1)c1cc2ccc(S(=O)(=O)[O-])cc2cc1S(=O)(=O)[O-].[Na+].[Na+].[Na+].[Na+]. The molecule has 27 heteroatoms. The van der Waals surface area contributed by atoms with E-state index in [2.05, 4.69) is 0 Å². The van der Waals surface area contributed by atoms with Crippen LogP contribution in [0.5, 0.6) is 0 Å². The van der Waals surface area contributed by atoms with Crippen molar-refractivity contribution in [1.29, 1.82) is 0 Å². The minimum absolute atomic E-state index is 0. The Bertz CT molecular complexity index is 2630. The smallest absolute Gasteiger partial charge is 0.744 e. The summed E-state index contributed by atoms with van der Waals surface area (Å²) in [5.41, 5.74) is -3.54. The third-order valence-electron chi connectivity index (χ3n) is 7.28. The Morgan fingerprint density at radius 3 is 1.09 bits per heavy atom. The molecule has 0 bridgehead atoms. The van der Waals surface area contributed by atoms with E-state index in [1.807, 2.05) is 0 Å². The van der Waals surface area contributed by atoms with Gasteiger partial charge in [0, 0.05) is 12.1 Å². The Balaban J connectivity index is 0.00000378. The molecule has 0 aliphatic carbocycles. The number of nitro benzene ring substituents is 1. The number of non-ortho nitro benzene ring substituents is 1. The quantitative estimate of drug-likeness (QED) is 0.0391. The van der Waals surface area contributed by atoms with Gasteiger partial charge in [0.2, 0.25) is 12.8 Å². The monoisotopic (exact) mass is 869 g/mol. The molecule has 5 aromatic rings. The van der Waals surface area contributed by atoms with Crippen molar-refractivity contribution in [2.45, 2.75) is 19.6 Å². The van der Waals surface area contributed by atoms with Crippen LogP contribution in [0.3, 0.4) is 0 Å². The van der Waals surface area contributed by atoms with Crippen LogP contribution in [0.4, 0.5) is 28.4 Å². The largest absolute Gasteiger partial charge is 1.00 e. The van der Waals surface area contributed by atoms with E-state index in [1.54, 1.807) is 0 Å². The number of amides is 2. The zero-order chi connectivity index (χ0) is 37.8. The first kappa shape index (κ1) is 51.6.